The number of H-pyrrole nitrogens is 1. The van der Waals surface area contributed by atoms with Crippen molar-refractivity contribution in [2.24, 2.45) is 0 Å². The molecule has 25 heavy (non-hydrogen) atoms. The average molecular weight is 354 g/mol. The van der Waals surface area contributed by atoms with E-state index in [9.17, 15) is 4.79 Å². The molecule has 0 bridgehead atoms. The lowest BCUT2D eigenvalue weighted by Gasteiger charge is -2.14. The summed E-state index contributed by atoms with van der Waals surface area (Å²) in [6.45, 7) is 4.45. The molecule has 1 atom stereocenters. The monoisotopic (exact) mass is 354 g/mol. The highest BCUT2D eigenvalue weighted by atomic mass is 32.2. The molecule has 3 aromatic rings. The Balaban J connectivity index is 1.47. The van der Waals surface area contributed by atoms with Gasteiger partial charge >= 0.3 is 0 Å². The van der Waals surface area contributed by atoms with E-state index in [1.165, 1.54) is 16.0 Å². The molecule has 0 fully saturated rings. The van der Waals surface area contributed by atoms with Gasteiger partial charge in [-0.2, -0.15) is 0 Å². The van der Waals surface area contributed by atoms with Crippen LogP contribution in [-0.2, 0) is 4.79 Å². The van der Waals surface area contributed by atoms with Crippen LogP contribution in [0.3, 0.4) is 0 Å². The van der Waals surface area contributed by atoms with E-state index in [-0.39, 0.29) is 5.91 Å². The third kappa shape index (κ3) is 4.37. The number of ether oxygens (including phenoxy) is 1. The van der Waals surface area contributed by atoms with Gasteiger partial charge in [-0.15, -0.1) is 11.8 Å². The van der Waals surface area contributed by atoms with Crippen LogP contribution >= 0.6 is 11.8 Å². The Morgan fingerprint density at radius 3 is 2.68 bits per heavy atom. The lowest BCUT2D eigenvalue weighted by molar-refractivity contribution is -0.127. The predicted octanol–water partition coefficient (Wildman–Crippen LogP) is 4.15. The van der Waals surface area contributed by atoms with Crippen LogP contribution in [0.4, 0.5) is 0 Å². The maximum Gasteiger partial charge on any atom is 0.260 e. The number of nitrogens with one attached hydrogen (secondary N) is 2. The molecule has 0 aliphatic rings. The van der Waals surface area contributed by atoms with E-state index in [4.69, 9.17) is 4.74 Å². The van der Waals surface area contributed by atoms with E-state index in [1.807, 2.05) is 42.5 Å². The summed E-state index contributed by atoms with van der Waals surface area (Å²) in [7, 11) is 0. The van der Waals surface area contributed by atoms with Gasteiger partial charge in [-0.3, -0.25) is 4.79 Å². The number of hydrogen-bond acceptors (Lipinski definition) is 3. The Kier molecular flexibility index (Phi) is 5.66. The summed E-state index contributed by atoms with van der Waals surface area (Å²) in [6, 6.07) is 17.7. The molecule has 0 unspecified atom stereocenters. The van der Waals surface area contributed by atoms with Crippen LogP contribution in [0.25, 0.3) is 10.9 Å². The Morgan fingerprint density at radius 2 is 1.88 bits per heavy atom. The third-order valence-electron chi connectivity index (χ3n) is 3.91. The number of aromatic amines is 1. The van der Waals surface area contributed by atoms with Crippen LogP contribution in [0, 0.1) is 6.92 Å². The highest BCUT2D eigenvalue weighted by molar-refractivity contribution is 7.99. The molecule has 2 N–H and O–H groups in total. The Morgan fingerprint density at radius 1 is 1.16 bits per heavy atom. The van der Waals surface area contributed by atoms with Gasteiger partial charge in [-0.1, -0.05) is 36.4 Å². The highest BCUT2D eigenvalue weighted by Crippen LogP contribution is 2.30. The molecule has 1 aromatic heterocycles. The van der Waals surface area contributed by atoms with Gasteiger partial charge in [-0.25, -0.2) is 0 Å². The third-order valence-corrected chi connectivity index (χ3v) is 5.13. The van der Waals surface area contributed by atoms with E-state index in [2.05, 4.69) is 29.4 Å². The number of thioether (sulfide) groups is 1. The molecule has 0 radical (unpaired) electrons. The number of benzene rings is 2. The minimum Gasteiger partial charge on any atom is -0.481 e. The quantitative estimate of drug-likeness (QED) is 0.495. The first-order valence-corrected chi connectivity index (χ1v) is 9.33. The van der Waals surface area contributed by atoms with Gasteiger partial charge < -0.3 is 15.0 Å². The van der Waals surface area contributed by atoms with Gasteiger partial charge in [0.05, 0.1) is 0 Å². The van der Waals surface area contributed by atoms with Gasteiger partial charge in [0.25, 0.3) is 5.91 Å². The Hall–Kier alpha value is -2.40. The van der Waals surface area contributed by atoms with Crippen molar-refractivity contribution in [1.29, 1.82) is 0 Å². The second-order valence-corrected chi connectivity index (χ2v) is 6.94. The molecule has 3 rings (SSSR count). The lowest BCUT2D eigenvalue weighted by Crippen LogP contribution is -2.37. The van der Waals surface area contributed by atoms with Crippen molar-refractivity contribution in [2.75, 3.05) is 12.3 Å². The topological polar surface area (TPSA) is 54.1 Å². The SMILES string of the molecule is Cc1[nH]c2ccccc2c1SCCNC(=O)[C@H](C)Oc1ccccc1. The van der Waals surface area contributed by atoms with Crippen LogP contribution in [0.5, 0.6) is 5.75 Å². The highest BCUT2D eigenvalue weighted by Gasteiger charge is 2.14. The smallest absolute Gasteiger partial charge is 0.260 e. The van der Waals surface area contributed by atoms with Crippen molar-refractivity contribution in [3.8, 4) is 5.75 Å². The minimum absolute atomic E-state index is 0.0971. The normalized spacial score (nSPS) is 12.1. The van der Waals surface area contributed by atoms with Gasteiger partial charge in [0.1, 0.15) is 5.75 Å². The largest absolute Gasteiger partial charge is 0.481 e. The van der Waals surface area contributed by atoms with E-state index >= 15 is 0 Å². The number of aromatic nitrogens is 1. The number of amides is 1. The Labute approximate surface area is 152 Å². The number of fused-ring (bicyclic) bond motifs is 1. The minimum atomic E-state index is -0.512. The fraction of sp³-hybridized carbons (Fsp3) is 0.250. The number of rotatable bonds is 7. The van der Waals surface area contributed by atoms with E-state index in [0.29, 0.717) is 12.3 Å². The summed E-state index contributed by atoms with van der Waals surface area (Å²) in [4.78, 5) is 16.8. The molecule has 0 aliphatic heterocycles. The molecular formula is C20H22N2O2S. The molecule has 130 valence electrons. The van der Waals surface area contributed by atoms with Crippen LogP contribution in [0.15, 0.2) is 59.5 Å². The summed E-state index contributed by atoms with van der Waals surface area (Å²) in [6.07, 6.45) is -0.512. The lowest BCUT2D eigenvalue weighted by atomic mass is 10.2. The maximum absolute atomic E-state index is 12.1. The van der Waals surface area contributed by atoms with E-state index in [0.717, 1.165) is 11.3 Å². The zero-order valence-electron chi connectivity index (χ0n) is 14.4. The second kappa shape index (κ2) is 8.12. The molecule has 1 heterocycles. The van der Waals surface area contributed by atoms with Crippen molar-refractivity contribution in [1.82, 2.24) is 10.3 Å². The molecule has 2 aromatic carbocycles. The molecular weight excluding hydrogens is 332 g/mol. The molecule has 1 amide bonds. The van der Waals surface area contributed by atoms with Crippen molar-refractivity contribution >= 4 is 28.6 Å². The first-order valence-electron chi connectivity index (χ1n) is 8.34. The molecule has 5 heteroatoms. The van der Waals surface area contributed by atoms with Crippen molar-refractivity contribution in [3.05, 3.63) is 60.3 Å². The Bertz CT molecular complexity index is 845. The van der Waals surface area contributed by atoms with Crippen LogP contribution < -0.4 is 10.1 Å². The van der Waals surface area contributed by atoms with Crippen LogP contribution in [0.1, 0.15) is 12.6 Å². The zero-order chi connectivity index (χ0) is 17.6. The fourth-order valence-electron chi connectivity index (χ4n) is 2.66. The molecule has 0 saturated carbocycles. The summed E-state index contributed by atoms with van der Waals surface area (Å²) in [5.74, 6) is 1.42. The summed E-state index contributed by atoms with van der Waals surface area (Å²) >= 11 is 1.75. The zero-order valence-corrected chi connectivity index (χ0v) is 15.2. The van der Waals surface area contributed by atoms with Crippen molar-refractivity contribution in [3.63, 3.8) is 0 Å². The van der Waals surface area contributed by atoms with Crippen molar-refractivity contribution < 1.29 is 9.53 Å². The number of hydrogen-bond donors (Lipinski definition) is 2. The maximum atomic E-state index is 12.1. The molecule has 0 aliphatic carbocycles. The number of para-hydroxylation sites is 2. The predicted molar refractivity (Wildman–Crippen MR) is 103 cm³/mol. The van der Waals surface area contributed by atoms with Crippen LogP contribution in [-0.4, -0.2) is 29.3 Å². The van der Waals surface area contributed by atoms with Gasteiger partial charge in [0.2, 0.25) is 0 Å². The number of carbonyl (C=O) groups excluding carboxylic acids is 1. The molecule has 4 nitrogen and oxygen atoms in total. The van der Waals surface area contributed by atoms with Gasteiger partial charge in [-0.05, 0) is 32.0 Å². The van der Waals surface area contributed by atoms with Crippen LogP contribution in [0.2, 0.25) is 0 Å². The second-order valence-electron chi connectivity index (χ2n) is 5.84. The average Bonchev–Trinajstić information content (AvgIpc) is 2.94. The first-order chi connectivity index (χ1) is 12.1. The van der Waals surface area contributed by atoms with E-state index < -0.39 is 6.10 Å². The van der Waals surface area contributed by atoms with Gasteiger partial charge in [0.15, 0.2) is 6.10 Å². The standard InChI is InChI=1S/C20H22N2O2S/c1-14-19(17-10-6-7-11-18(17)22-14)25-13-12-21-20(23)15(2)24-16-8-4-3-5-9-16/h3-11,15,22H,12-13H2,1-2H3,(H,21,23)/t15-/m0/s1. The number of aryl methyl sites for hydroxylation is 1. The van der Waals surface area contributed by atoms with Gasteiger partial charge in [0, 0.05) is 33.8 Å². The fourth-order valence-corrected chi connectivity index (χ4v) is 3.67. The molecule has 0 spiro atoms. The summed E-state index contributed by atoms with van der Waals surface area (Å²) < 4.78 is 5.63. The first kappa shape index (κ1) is 17.4. The molecule has 0 saturated heterocycles. The number of carbonyl (C=O) groups is 1. The summed E-state index contributed by atoms with van der Waals surface area (Å²) in [5, 5.41) is 4.17. The van der Waals surface area contributed by atoms with Crippen molar-refractivity contribution in [2.45, 2.75) is 24.8 Å². The van der Waals surface area contributed by atoms with E-state index in [1.54, 1.807) is 18.7 Å². The summed E-state index contributed by atoms with van der Waals surface area (Å²) in [5.41, 5.74) is 2.31.